The number of aromatic amines is 1. The number of benzene rings is 1. The summed E-state index contributed by atoms with van der Waals surface area (Å²) >= 11 is 0. The fourth-order valence-corrected chi connectivity index (χ4v) is 1.58. The molecule has 19 heavy (non-hydrogen) atoms. The second-order valence-electron chi connectivity index (χ2n) is 4.27. The summed E-state index contributed by atoms with van der Waals surface area (Å²) < 4.78 is 0. The number of anilines is 1. The van der Waals surface area contributed by atoms with Gasteiger partial charge in [-0.2, -0.15) is 5.10 Å². The fraction of sp³-hybridized carbons (Fsp3) is 0.308. The molecule has 0 aliphatic carbocycles. The van der Waals surface area contributed by atoms with Crippen LogP contribution in [0.3, 0.4) is 0 Å². The Hall–Kier alpha value is -2.37. The number of rotatable bonds is 5. The molecule has 0 unspecified atom stereocenters. The van der Waals surface area contributed by atoms with Crippen molar-refractivity contribution >= 4 is 11.6 Å². The van der Waals surface area contributed by atoms with E-state index in [-0.39, 0.29) is 12.3 Å². The molecule has 1 amide bonds. The van der Waals surface area contributed by atoms with E-state index in [0.717, 1.165) is 5.69 Å². The lowest BCUT2D eigenvalue weighted by molar-refractivity contribution is -0.120. The van der Waals surface area contributed by atoms with Crippen LogP contribution in [0.1, 0.15) is 17.2 Å². The van der Waals surface area contributed by atoms with E-state index in [2.05, 4.69) is 25.8 Å². The first-order chi connectivity index (χ1) is 9.17. The van der Waals surface area contributed by atoms with Gasteiger partial charge in [0.2, 0.25) is 5.91 Å². The van der Waals surface area contributed by atoms with Crippen molar-refractivity contribution in [2.45, 2.75) is 19.9 Å². The second-order valence-corrected chi connectivity index (χ2v) is 4.27. The van der Waals surface area contributed by atoms with E-state index in [4.69, 9.17) is 0 Å². The largest absolute Gasteiger partial charge is 0.378 e. The number of hydrogen-bond donors (Lipinski definition) is 3. The third-order valence-electron chi connectivity index (χ3n) is 2.69. The molecule has 0 aliphatic heterocycles. The zero-order chi connectivity index (χ0) is 13.7. The Balaban J connectivity index is 1.89. The number of carbonyl (C=O) groups excluding carboxylic acids is 1. The zero-order valence-electron chi connectivity index (χ0n) is 11.0. The smallest absolute Gasteiger partial charge is 0.227 e. The summed E-state index contributed by atoms with van der Waals surface area (Å²) in [5, 5.41) is 12.6. The van der Waals surface area contributed by atoms with Gasteiger partial charge in [0.05, 0.1) is 13.0 Å². The first-order valence-corrected chi connectivity index (χ1v) is 6.08. The Labute approximate surface area is 111 Å². The van der Waals surface area contributed by atoms with Crippen molar-refractivity contribution in [3.8, 4) is 0 Å². The first-order valence-electron chi connectivity index (χ1n) is 6.08. The van der Waals surface area contributed by atoms with Gasteiger partial charge in [0.25, 0.3) is 0 Å². The van der Waals surface area contributed by atoms with E-state index in [1.807, 2.05) is 31.2 Å². The van der Waals surface area contributed by atoms with Crippen LogP contribution in [0.4, 0.5) is 5.69 Å². The molecule has 0 atom stereocenters. The summed E-state index contributed by atoms with van der Waals surface area (Å²) in [5.74, 6) is 1.11. The number of amides is 1. The molecule has 0 radical (unpaired) electrons. The van der Waals surface area contributed by atoms with Crippen molar-refractivity contribution in [1.82, 2.24) is 20.5 Å². The van der Waals surface area contributed by atoms with Gasteiger partial charge in [0, 0.05) is 12.7 Å². The van der Waals surface area contributed by atoms with Gasteiger partial charge in [0.1, 0.15) is 5.82 Å². The van der Waals surface area contributed by atoms with Crippen LogP contribution in [0.5, 0.6) is 0 Å². The molecule has 0 aliphatic rings. The van der Waals surface area contributed by atoms with Crippen molar-refractivity contribution in [2.75, 3.05) is 12.4 Å². The first kappa shape index (κ1) is 13.1. The Kier molecular flexibility index (Phi) is 4.12. The standard InChI is InChI=1S/C13H17N5O/c1-9-3-5-10(6-4-9)15-8-12-16-11(17-18-12)7-13(19)14-2/h3-6,15H,7-8H2,1-2H3,(H,14,19)(H,16,17,18). The highest BCUT2D eigenvalue weighted by Crippen LogP contribution is 2.09. The number of nitrogens with zero attached hydrogens (tertiary/aromatic N) is 2. The van der Waals surface area contributed by atoms with Crippen LogP contribution in [-0.4, -0.2) is 28.1 Å². The summed E-state index contributed by atoms with van der Waals surface area (Å²) in [6.07, 6.45) is 0.192. The summed E-state index contributed by atoms with van der Waals surface area (Å²) in [6, 6.07) is 8.10. The van der Waals surface area contributed by atoms with Crippen LogP contribution >= 0.6 is 0 Å². The Morgan fingerprint density at radius 2 is 2.05 bits per heavy atom. The third kappa shape index (κ3) is 3.80. The highest BCUT2D eigenvalue weighted by Gasteiger charge is 2.07. The van der Waals surface area contributed by atoms with E-state index in [1.165, 1.54) is 5.56 Å². The van der Waals surface area contributed by atoms with Crippen molar-refractivity contribution in [3.63, 3.8) is 0 Å². The summed E-state index contributed by atoms with van der Waals surface area (Å²) in [4.78, 5) is 15.4. The van der Waals surface area contributed by atoms with E-state index in [0.29, 0.717) is 18.2 Å². The SMILES string of the molecule is CNC(=O)Cc1n[nH]c(CNc2ccc(C)cc2)n1. The molecular weight excluding hydrogens is 242 g/mol. The van der Waals surface area contributed by atoms with E-state index in [1.54, 1.807) is 7.05 Å². The van der Waals surface area contributed by atoms with E-state index < -0.39 is 0 Å². The molecule has 1 aromatic carbocycles. The lowest BCUT2D eigenvalue weighted by Gasteiger charge is -2.03. The zero-order valence-corrected chi connectivity index (χ0v) is 11.0. The number of aryl methyl sites for hydroxylation is 1. The number of hydrogen-bond acceptors (Lipinski definition) is 4. The Morgan fingerprint density at radius 1 is 1.32 bits per heavy atom. The van der Waals surface area contributed by atoms with Crippen molar-refractivity contribution in [2.24, 2.45) is 0 Å². The van der Waals surface area contributed by atoms with Gasteiger partial charge in [-0.1, -0.05) is 17.7 Å². The minimum absolute atomic E-state index is 0.1000. The molecule has 6 nitrogen and oxygen atoms in total. The lowest BCUT2D eigenvalue weighted by Crippen LogP contribution is -2.20. The molecule has 6 heteroatoms. The summed E-state index contributed by atoms with van der Waals surface area (Å²) in [5.41, 5.74) is 2.24. The number of likely N-dealkylation sites (N-methyl/N-ethyl adjacent to an activating group) is 1. The molecule has 2 rings (SSSR count). The molecule has 2 aromatic rings. The molecule has 0 bridgehead atoms. The van der Waals surface area contributed by atoms with Gasteiger partial charge >= 0.3 is 0 Å². The maximum absolute atomic E-state index is 11.2. The molecule has 3 N–H and O–H groups in total. The fourth-order valence-electron chi connectivity index (χ4n) is 1.58. The quantitative estimate of drug-likeness (QED) is 0.748. The molecule has 0 spiro atoms. The maximum Gasteiger partial charge on any atom is 0.227 e. The van der Waals surface area contributed by atoms with Gasteiger partial charge in [-0.3, -0.25) is 9.89 Å². The number of aromatic nitrogens is 3. The number of carbonyl (C=O) groups is 1. The predicted molar refractivity (Wildman–Crippen MR) is 72.7 cm³/mol. The molecule has 100 valence electrons. The van der Waals surface area contributed by atoms with E-state index in [9.17, 15) is 4.79 Å². The van der Waals surface area contributed by atoms with Crippen LogP contribution in [0.15, 0.2) is 24.3 Å². The second kappa shape index (κ2) is 5.99. The summed E-state index contributed by atoms with van der Waals surface area (Å²) in [6.45, 7) is 2.59. The average molecular weight is 259 g/mol. The van der Waals surface area contributed by atoms with Gasteiger partial charge in [-0.05, 0) is 19.1 Å². The van der Waals surface area contributed by atoms with Crippen LogP contribution in [0.2, 0.25) is 0 Å². The molecule has 0 fully saturated rings. The van der Waals surface area contributed by atoms with Crippen molar-refractivity contribution in [3.05, 3.63) is 41.5 Å². The van der Waals surface area contributed by atoms with Gasteiger partial charge in [-0.25, -0.2) is 4.98 Å². The molecule has 1 heterocycles. The third-order valence-corrected chi connectivity index (χ3v) is 2.69. The van der Waals surface area contributed by atoms with E-state index >= 15 is 0 Å². The number of H-pyrrole nitrogens is 1. The normalized spacial score (nSPS) is 10.2. The monoisotopic (exact) mass is 259 g/mol. The van der Waals surface area contributed by atoms with Crippen molar-refractivity contribution < 1.29 is 4.79 Å². The Morgan fingerprint density at radius 3 is 2.74 bits per heavy atom. The van der Waals surface area contributed by atoms with Crippen LogP contribution in [-0.2, 0) is 17.8 Å². The highest BCUT2D eigenvalue weighted by atomic mass is 16.1. The predicted octanol–water partition coefficient (Wildman–Crippen LogP) is 1.01. The molecular formula is C13H17N5O. The van der Waals surface area contributed by atoms with Gasteiger partial charge in [0.15, 0.2) is 5.82 Å². The molecule has 0 saturated carbocycles. The molecule has 1 aromatic heterocycles. The minimum Gasteiger partial charge on any atom is -0.378 e. The number of nitrogens with one attached hydrogen (secondary N) is 3. The topological polar surface area (TPSA) is 82.7 Å². The van der Waals surface area contributed by atoms with Crippen LogP contribution < -0.4 is 10.6 Å². The van der Waals surface area contributed by atoms with Gasteiger partial charge in [-0.15, -0.1) is 0 Å². The summed E-state index contributed by atoms with van der Waals surface area (Å²) in [7, 11) is 1.59. The van der Waals surface area contributed by atoms with Crippen molar-refractivity contribution in [1.29, 1.82) is 0 Å². The lowest BCUT2D eigenvalue weighted by atomic mass is 10.2. The average Bonchev–Trinajstić information content (AvgIpc) is 2.85. The maximum atomic E-state index is 11.2. The van der Waals surface area contributed by atoms with Gasteiger partial charge < -0.3 is 10.6 Å². The Bertz CT molecular complexity index is 546. The minimum atomic E-state index is -0.1000. The molecule has 0 saturated heterocycles. The van der Waals surface area contributed by atoms with Crippen LogP contribution in [0.25, 0.3) is 0 Å². The van der Waals surface area contributed by atoms with Crippen LogP contribution in [0, 0.1) is 6.92 Å². The highest BCUT2D eigenvalue weighted by molar-refractivity contribution is 5.77.